The molecule has 8 heteroatoms. The molecular weight excluding hydrogens is 328 g/mol. The number of carbonyl (C=O) groups is 1. The first kappa shape index (κ1) is 16.9. The molecule has 0 spiro atoms. The molecule has 0 saturated carbocycles. The highest BCUT2D eigenvalue weighted by molar-refractivity contribution is 6.30. The molecule has 1 aliphatic rings. The number of halogens is 1. The highest BCUT2D eigenvalue weighted by atomic mass is 35.5. The molecule has 128 valence electrons. The van der Waals surface area contributed by atoms with Gasteiger partial charge in [0.15, 0.2) is 0 Å². The average molecular weight is 349 g/mol. The van der Waals surface area contributed by atoms with Gasteiger partial charge >= 0.3 is 0 Å². The summed E-state index contributed by atoms with van der Waals surface area (Å²) in [4.78, 5) is 22.8. The summed E-state index contributed by atoms with van der Waals surface area (Å²) in [5, 5.41) is 7.81. The molecule has 0 bridgehead atoms. The Balaban J connectivity index is 1.78. The highest BCUT2D eigenvalue weighted by Gasteiger charge is 2.36. The Bertz CT molecular complexity index is 732. The van der Waals surface area contributed by atoms with Crippen molar-refractivity contribution in [3.8, 4) is 0 Å². The van der Waals surface area contributed by atoms with Crippen LogP contribution in [0.2, 0.25) is 5.15 Å². The smallest absolute Gasteiger partial charge is 0.243 e. The van der Waals surface area contributed by atoms with E-state index in [0.29, 0.717) is 11.1 Å². The van der Waals surface area contributed by atoms with Crippen molar-refractivity contribution < 1.29 is 4.79 Å². The minimum atomic E-state index is -0.308. The van der Waals surface area contributed by atoms with Crippen LogP contribution in [0.5, 0.6) is 0 Å². The van der Waals surface area contributed by atoms with Crippen LogP contribution >= 0.6 is 11.6 Å². The number of nitrogens with one attached hydrogen (secondary N) is 1. The summed E-state index contributed by atoms with van der Waals surface area (Å²) < 4.78 is 1.69. The van der Waals surface area contributed by atoms with Crippen molar-refractivity contribution in [2.45, 2.75) is 38.8 Å². The third-order valence-electron chi connectivity index (χ3n) is 4.50. The molecule has 1 fully saturated rings. The molecule has 7 nitrogen and oxygen atoms in total. The topological polar surface area (TPSA) is 75.9 Å². The molecular formula is C16H21ClN6O. The zero-order valence-electron chi connectivity index (χ0n) is 14.0. The average Bonchev–Trinajstić information content (AvgIpc) is 3.12. The number of hydrogen-bond donors (Lipinski definition) is 1. The second-order valence-electron chi connectivity index (χ2n) is 6.05. The maximum Gasteiger partial charge on any atom is 0.243 e. The fourth-order valence-electron chi connectivity index (χ4n) is 3.32. The number of likely N-dealkylation sites (tertiary alicyclic amines) is 1. The fraction of sp³-hybridized carbons (Fsp3) is 0.500. The Morgan fingerprint density at radius 2 is 2.12 bits per heavy atom. The van der Waals surface area contributed by atoms with Crippen molar-refractivity contribution >= 4 is 23.5 Å². The Morgan fingerprint density at radius 3 is 2.75 bits per heavy atom. The van der Waals surface area contributed by atoms with Crippen LogP contribution in [-0.4, -0.2) is 43.1 Å². The second-order valence-corrected chi connectivity index (χ2v) is 6.40. The molecule has 1 N–H and O–H groups in total. The van der Waals surface area contributed by atoms with Crippen LogP contribution in [0.4, 0.5) is 5.95 Å². The lowest BCUT2D eigenvalue weighted by Gasteiger charge is -2.29. The molecule has 1 amide bonds. The molecule has 3 heterocycles. The van der Waals surface area contributed by atoms with Crippen LogP contribution in [0, 0.1) is 6.92 Å². The molecule has 2 aromatic heterocycles. The van der Waals surface area contributed by atoms with Crippen molar-refractivity contribution in [3.05, 3.63) is 34.9 Å². The number of nitrogens with zero attached hydrogens (tertiary/aromatic N) is 5. The van der Waals surface area contributed by atoms with Crippen molar-refractivity contribution in [1.82, 2.24) is 24.6 Å². The molecule has 24 heavy (non-hydrogen) atoms. The highest BCUT2D eigenvalue weighted by Crippen LogP contribution is 2.38. The first-order valence-electron chi connectivity index (χ1n) is 8.01. The van der Waals surface area contributed by atoms with Gasteiger partial charge in [0.2, 0.25) is 11.9 Å². The van der Waals surface area contributed by atoms with Crippen molar-refractivity contribution in [3.63, 3.8) is 0 Å². The van der Waals surface area contributed by atoms with Crippen LogP contribution < -0.4 is 5.32 Å². The Labute approximate surface area is 146 Å². The lowest BCUT2D eigenvalue weighted by molar-refractivity contribution is -0.121. The summed E-state index contributed by atoms with van der Waals surface area (Å²) in [6.45, 7) is 4.70. The maximum atomic E-state index is 12.6. The molecule has 0 aliphatic carbocycles. The summed E-state index contributed by atoms with van der Waals surface area (Å²) >= 11 is 6.43. The number of carbonyl (C=O) groups excluding carboxylic acids is 1. The van der Waals surface area contributed by atoms with E-state index in [1.807, 2.05) is 20.9 Å². The molecule has 1 saturated heterocycles. The first-order chi connectivity index (χ1) is 11.5. The third-order valence-corrected chi connectivity index (χ3v) is 4.95. The predicted octanol–water partition coefficient (Wildman–Crippen LogP) is 2.34. The minimum Gasteiger partial charge on any atom is -0.293 e. The van der Waals surface area contributed by atoms with Crippen molar-refractivity contribution in [2.75, 3.05) is 11.9 Å². The van der Waals surface area contributed by atoms with Crippen LogP contribution in [0.3, 0.4) is 0 Å². The summed E-state index contributed by atoms with van der Waals surface area (Å²) in [7, 11) is 1.83. The second kappa shape index (κ2) is 6.86. The van der Waals surface area contributed by atoms with Crippen molar-refractivity contribution in [1.29, 1.82) is 0 Å². The van der Waals surface area contributed by atoms with Crippen LogP contribution in [0.25, 0.3) is 0 Å². The number of aryl methyl sites for hydroxylation is 2. The van der Waals surface area contributed by atoms with Gasteiger partial charge in [-0.05, 0) is 39.3 Å². The molecule has 3 rings (SSSR count). The van der Waals surface area contributed by atoms with Gasteiger partial charge in [-0.25, -0.2) is 9.97 Å². The quantitative estimate of drug-likeness (QED) is 0.917. The summed E-state index contributed by atoms with van der Waals surface area (Å²) in [6.07, 6.45) is 5.19. The monoisotopic (exact) mass is 348 g/mol. The van der Waals surface area contributed by atoms with Crippen LogP contribution in [-0.2, 0) is 11.8 Å². The van der Waals surface area contributed by atoms with Gasteiger partial charge in [-0.15, -0.1) is 0 Å². The van der Waals surface area contributed by atoms with Gasteiger partial charge < -0.3 is 0 Å². The normalized spacial score (nSPS) is 19.4. The zero-order valence-corrected chi connectivity index (χ0v) is 14.8. The molecule has 1 aliphatic heterocycles. The molecule has 0 aromatic carbocycles. The third kappa shape index (κ3) is 3.14. The number of amides is 1. The molecule has 2 unspecified atom stereocenters. The van der Waals surface area contributed by atoms with E-state index in [1.165, 1.54) is 0 Å². The van der Waals surface area contributed by atoms with E-state index >= 15 is 0 Å². The van der Waals surface area contributed by atoms with Crippen LogP contribution in [0.15, 0.2) is 18.5 Å². The Morgan fingerprint density at radius 1 is 1.42 bits per heavy atom. The van der Waals surface area contributed by atoms with Gasteiger partial charge in [0.05, 0.1) is 11.7 Å². The summed E-state index contributed by atoms with van der Waals surface area (Å²) in [5.41, 5.74) is 1.94. The van der Waals surface area contributed by atoms with Gasteiger partial charge in [0.25, 0.3) is 0 Å². The summed E-state index contributed by atoms with van der Waals surface area (Å²) in [5.74, 6) is 0.200. The zero-order chi connectivity index (χ0) is 17.3. The van der Waals surface area contributed by atoms with Gasteiger partial charge in [-0.2, -0.15) is 5.10 Å². The van der Waals surface area contributed by atoms with Gasteiger partial charge in [-0.1, -0.05) is 11.6 Å². The molecule has 2 atom stereocenters. The van der Waals surface area contributed by atoms with E-state index in [-0.39, 0.29) is 18.0 Å². The molecule has 0 radical (unpaired) electrons. The maximum absolute atomic E-state index is 12.6. The van der Waals surface area contributed by atoms with E-state index in [9.17, 15) is 4.79 Å². The minimum absolute atomic E-state index is 0.101. The van der Waals surface area contributed by atoms with Gasteiger partial charge in [-0.3, -0.25) is 19.7 Å². The van der Waals surface area contributed by atoms with Crippen LogP contribution in [0.1, 0.15) is 37.1 Å². The number of rotatable bonds is 4. The fourth-order valence-corrected chi connectivity index (χ4v) is 3.62. The molecule has 2 aromatic rings. The Kier molecular flexibility index (Phi) is 4.82. The van der Waals surface area contributed by atoms with E-state index < -0.39 is 0 Å². The van der Waals surface area contributed by atoms with E-state index in [1.54, 1.807) is 23.1 Å². The van der Waals surface area contributed by atoms with Gasteiger partial charge in [0, 0.05) is 31.0 Å². The predicted molar refractivity (Wildman–Crippen MR) is 91.8 cm³/mol. The van der Waals surface area contributed by atoms with E-state index in [2.05, 4.69) is 25.3 Å². The Hall–Kier alpha value is -1.99. The van der Waals surface area contributed by atoms with Crippen molar-refractivity contribution in [2.24, 2.45) is 7.05 Å². The number of aromatic nitrogens is 4. The van der Waals surface area contributed by atoms with E-state index in [4.69, 9.17) is 11.6 Å². The van der Waals surface area contributed by atoms with E-state index in [0.717, 1.165) is 30.6 Å². The standard InChI is InChI=1S/C16H21ClN6O/c1-10-13(14(17)22(3)21-10)12-6-4-9-23(12)11(2)15(24)20-16-18-7-5-8-19-16/h5,7-8,11-12H,4,6,9H2,1-3H3,(H,18,19,20,24). The summed E-state index contributed by atoms with van der Waals surface area (Å²) in [6, 6.07) is 1.50. The lowest BCUT2D eigenvalue weighted by Crippen LogP contribution is -2.42. The SMILES string of the molecule is Cc1nn(C)c(Cl)c1C1CCCN1C(C)C(=O)Nc1ncccn1. The number of anilines is 1. The lowest BCUT2D eigenvalue weighted by atomic mass is 10.0. The largest absolute Gasteiger partial charge is 0.293 e. The van der Waals surface area contributed by atoms with Gasteiger partial charge in [0.1, 0.15) is 5.15 Å². The number of hydrogen-bond acceptors (Lipinski definition) is 5. The first-order valence-corrected chi connectivity index (χ1v) is 8.39.